The Hall–Kier alpha value is -3.22. The molecule has 2 aromatic heterocycles. The minimum atomic E-state index is -0.0372. The van der Waals surface area contributed by atoms with Gasteiger partial charge < -0.3 is 14.2 Å². The maximum atomic E-state index is 12.4. The van der Waals surface area contributed by atoms with Crippen LogP contribution in [0.25, 0.3) is 11.5 Å². The Morgan fingerprint density at radius 3 is 2.82 bits per heavy atom. The Labute approximate surface area is 162 Å². The quantitative estimate of drug-likeness (QED) is 0.658. The molecule has 2 fully saturated rings. The highest BCUT2D eigenvalue weighted by molar-refractivity contribution is 5.79. The van der Waals surface area contributed by atoms with Gasteiger partial charge in [-0.3, -0.25) is 9.78 Å². The zero-order valence-electron chi connectivity index (χ0n) is 15.3. The third-order valence-electron chi connectivity index (χ3n) is 5.07. The van der Waals surface area contributed by atoms with Crippen LogP contribution in [0.1, 0.15) is 30.1 Å². The molecule has 1 saturated carbocycles. The third kappa shape index (κ3) is 3.47. The van der Waals surface area contributed by atoms with Crippen molar-refractivity contribution in [3.05, 3.63) is 60.2 Å². The van der Waals surface area contributed by atoms with Crippen molar-refractivity contribution >= 4 is 5.91 Å². The van der Waals surface area contributed by atoms with Crippen LogP contribution in [0.5, 0.6) is 5.75 Å². The normalized spacial score (nSPS) is 16.6. The number of para-hydroxylation sites is 1. The number of aromatic nitrogens is 3. The van der Waals surface area contributed by atoms with Crippen LogP contribution >= 0.6 is 0 Å². The smallest absolute Gasteiger partial charge is 0.261 e. The van der Waals surface area contributed by atoms with E-state index in [1.165, 1.54) is 0 Å². The van der Waals surface area contributed by atoms with E-state index in [4.69, 9.17) is 9.26 Å². The van der Waals surface area contributed by atoms with Crippen molar-refractivity contribution in [2.24, 2.45) is 0 Å². The molecule has 0 unspecified atom stereocenters. The van der Waals surface area contributed by atoms with Crippen molar-refractivity contribution < 1.29 is 14.1 Å². The van der Waals surface area contributed by atoms with Crippen LogP contribution in [-0.2, 0) is 11.2 Å². The van der Waals surface area contributed by atoms with Crippen molar-refractivity contribution in [3.8, 4) is 17.2 Å². The number of rotatable bonds is 6. The van der Waals surface area contributed by atoms with Gasteiger partial charge >= 0.3 is 0 Å². The van der Waals surface area contributed by atoms with Gasteiger partial charge in [0.1, 0.15) is 11.9 Å². The summed E-state index contributed by atoms with van der Waals surface area (Å²) in [6.07, 6.45) is 6.01. The molecule has 1 aliphatic heterocycles. The molecule has 1 aromatic carbocycles. The molecular weight excluding hydrogens is 356 g/mol. The van der Waals surface area contributed by atoms with Crippen LogP contribution < -0.4 is 4.74 Å². The van der Waals surface area contributed by atoms with E-state index < -0.39 is 0 Å². The van der Waals surface area contributed by atoms with Gasteiger partial charge in [-0.2, -0.15) is 4.98 Å². The van der Waals surface area contributed by atoms with E-state index in [-0.39, 0.29) is 12.0 Å². The zero-order chi connectivity index (χ0) is 18.9. The van der Waals surface area contributed by atoms with Gasteiger partial charge in [-0.05, 0) is 36.6 Å². The molecular formula is C21H20N4O3. The Balaban J connectivity index is 1.21. The second kappa shape index (κ2) is 7.07. The number of nitrogens with zero attached hydrogens (tertiary/aromatic N) is 4. The molecule has 0 atom stereocenters. The molecule has 142 valence electrons. The number of hydrogen-bond acceptors (Lipinski definition) is 6. The van der Waals surface area contributed by atoms with Crippen molar-refractivity contribution in [2.75, 3.05) is 13.1 Å². The second-order valence-corrected chi connectivity index (χ2v) is 7.30. The highest BCUT2D eigenvalue weighted by Crippen LogP contribution is 2.39. The van der Waals surface area contributed by atoms with Crippen molar-refractivity contribution in [3.63, 3.8) is 0 Å². The Kier molecular flexibility index (Phi) is 4.27. The van der Waals surface area contributed by atoms with E-state index in [0.29, 0.717) is 37.1 Å². The van der Waals surface area contributed by atoms with Gasteiger partial charge in [0, 0.05) is 18.3 Å². The number of amides is 1. The van der Waals surface area contributed by atoms with Gasteiger partial charge in [0.15, 0.2) is 5.82 Å². The largest absolute Gasteiger partial charge is 0.486 e. The van der Waals surface area contributed by atoms with Crippen molar-refractivity contribution in [2.45, 2.75) is 31.3 Å². The van der Waals surface area contributed by atoms with Gasteiger partial charge in [0.05, 0.1) is 25.1 Å². The Morgan fingerprint density at radius 2 is 2.04 bits per heavy atom. The molecule has 0 radical (unpaired) electrons. The lowest BCUT2D eigenvalue weighted by Gasteiger charge is -2.39. The predicted octanol–water partition coefficient (Wildman–Crippen LogP) is 2.84. The van der Waals surface area contributed by atoms with Gasteiger partial charge in [0.2, 0.25) is 5.91 Å². The molecule has 1 aliphatic carbocycles. The first-order chi connectivity index (χ1) is 13.8. The third-order valence-corrected chi connectivity index (χ3v) is 5.07. The average Bonchev–Trinajstić information content (AvgIpc) is 3.42. The summed E-state index contributed by atoms with van der Waals surface area (Å²) in [4.78, 5) is 22.7. The number of pyridine rings is 1. The van der Waals surface area contributed by atoms with Crippen LogP contribution in [-0.4, -0.2) is 45.1 Å². The molecule has 5 rings (SSSR count). The highest BCUT2D eigenvalue weighted by atomic mass is 16.5. The number of carbonyl (C=O) groups is 1. The summed E-state index contributed by atoms with van der Waals surface area (Å²) in [5.41, 5.74) is 1.71. The summed E-state index contributed by atoms with van der Waals surface area (Å²) in [7, 11) is 0. The summed E-state index contributed by atoms with van der Waals surface area (Å²) >= 11 is 0. The number of hydrogen-bond donors (Lipinski definition) is 0. The Morgan fingerprint density at radius 1 is 1.18 bits per heavy atom. The summed E-state index contributed by atoms with van der Waals surface area (Å²) in [6, 6.07) is 11.4. The molecule has 1 amide bonds. The molecule has 0 spiro atoms. The minimum Gasteiger partial charge on any atom is -0.486 e. The van der Waals surface area contributed by atoms with E-state index in [0.717, 1.165) is 29.8 Å². The van der Waals surface area contributed by atoms with Crippen LogP contribution in [0.15, 0.2) is 53.3 Å². The lowest BCUT2D eigenvalue weighted by atomic mass is 10.1. The van der Waals surface area contributed by atoms with Gasteiger partial charge in [-0.25, -0.2) is 0 Å². The first-order valence-electron chi connectivity index (χ1n) is 9.52. The molecule has 3 aromatic rings. The molecule has 2 aliphatic rings. The van der Waals surface area contributed by atoms with Gasteiger partial charge in [-0.15, -0.1) is 0 Å². The lowest BCUT2D eigenvalue weighted by Crippen LogP contribution is -2.56. The number of carbonyl (C=O) groups excluding carboxylic acids is 1. The van der Waals surface area contributed by atoms with Crippen molar-refractivity contribution in [1.29, 1.82) is 0 Å². The van der Waals surface area contributed by atoms with Crippen molar-refractivity contribution in [1.82, 2.24) is 20.0 Å². The molecule has 3 heterocycles. The van der Waals surface area contributed by atoms with E-state index in [1.54, 1.807) is 17.3 Å². The zero-order valence-corrected chi connectivity index (χ0v) is 15.3. The number of ether oxygens (including phenoxy) is 1. The van der Waals surface area contributed by atoms with E-state index >= 15 is 0 Å². The second-order valence-electron chi connectivity index (χ2n) is 7.30. The van der Waals surface area contributed by atoms with Crippen LogP contribution in [0.3, 0.4) is 0 Å². The van der Waals surface area contributed by atoms with Gasteiger partial charge in [0.25, 0.3) is 5.89 Å². The first-order valence-corrected chi connectivity index (χ1v) is 9.52. The molecule has 28 heavy (non-hydrogen) atoms. The standard InChI is InChI=1S/C21H20N4O3/c26-19(10-14-4-3-9-22-11-14)25-12-16(13-25)27-18-6-2-1-5-17(18)21-23-20(24-28-21)15-7-8-15/h1-6,9,11,15-16H,7-8,10,12-13H2. The monoisotopic (exact) mass is 376 g/mol. The topological polar surface area (TPSA) is 81.4 Å². The number of benzene rings is 1. The average molecular weight is 376 g/mol. The molecule has 7 heteroatoms. The fourth-order valence-corrected chi connectivity index (χ4v) is 3.28. The van der Waals surface area contributed by atoms with E-state index in [9.17, 15) is 4.79 Å². The number of likely N-dealkylation sites (tertiary alicyclic amines) is 1. The SMILES string of the molecule is O=C(Cc1cccnc1)N1CC(Oc2ccccc2-c2nc(C3CC3)no2)C1. The molecule has 0 bridgehead atoms. The van der Waals surface area contributed by atoms with Crippen LogP contribution in [0, 0.1) is 0 Å². The predicted molar refractivity (Wildman–Crippen MR) is 101 cm³/mol. The summed E-state index contributed by atoms with van der Waals surface area (Å²) in [5, 5.41) is 4.08. The highest BCUT2D eigenvalue weighted by Gasteiger charge is 2.33. The van der Waals surface area contributed by atoms with E-state index in [2.05, 4.69) is 15.1 Å². The van der Waals surface area contributed by atoms with Crippen LogP contribution in [0.4, 0.5) is 0 Å². The maximum absolute atomic E-state index is 12.4. The lowest BCUT2D eigenvalue weighted by molar-refractivity contribution is -0.139. The fourth-order valence-electron chi connectivity index (χ4n) is 3.28. The van der Waals surface area contributed by atoms with Crippen LogP contribution in [0.2, 0.25) is 0 Å². The van der Waals surface area contributed by atoms with E-state index in [1.807, 2.05) is 36.4 Å². The summed E-state index contributed by atoms with van der Waals surface area (Å²) < 4.78 is 11.6. The minimum absolute atomic E-state index is 0.0372. The first kappa shape index (κ1) is 16.9. The Bertz CT molecular complexity index is 978. The fraction of sp³-hybridized carbons (Fsp3) is 0.333. The molecule has 1 saturated heterocycles. The summed E-state index contributed by atoms with van der Waals surface area (Å²) in [5.74, 6) is 2.50. The maximum Gasteiger partial charge on any atom is 0.261 e. The molecule has 7 nitrogen and oxygen atoms in total. The molecule has 0 N–H and O–H groups in total. The van der Waals surface area contributed by atoms with Gasteiger partial charge in [-0.1, -0.05) is 23.4 Å². The summed E-state index contributed by atoms with van der Waals surface area (Å²) in [6.45, 7) is 1.15.